The first-order valence-corrected chi connectivity index (χ1v) is 4.37. The summed E-state index contributed by atoms with van der Waals surface area (Å²) in [5.74, 6) is 0. The monoisotopic (exact) mass is 173 g/mol. The molecule has 0 saturated carbocycles. The molecule has 0 spiro atoms. The van der Waals surface area contributed by atoms with Crippen molar-refractivity contribution in [3.05, 3.63) is 42.2 Å². The van der Waals surface area contributed by atoms with Crippen LogP contribution in [0, 0.1) is 0 Å². The van der Waals surface area contributed by atoms with Gasteiger partial charge in [-0.2, -0.15) is 0 Å². The topological polar surface area (TPSA) is 30.7 Å². The van der Waals surface area contributed by atoms with Crippen LogP contribution >= 0.6 is 0 Å². The average molecular weight is 173 g/mol. The molecule has 1 heterocycles. The first-order chi connectivity index (χ1) is 6.42. The number of benzene rings is 1. The van der Waals surface area contributed by atoms with Crippen molar-refractivity contribution >= 4 is 0 Å². The van der Waals surface area contributed by atoms with E-state index in [1.807, 2.05) is 35.0 Å². The molecule has 1 aromatic heterocycles. The molecule has 0 atom stereocenters. The summed E-state index contributed by atoms with van der Waals surface area (Å²) in [5.41, 5.74) is 2.20. The zero-order valence-electron chi connectivity index (χ0n) is 7.51. The van der Waals surface area contributed by atoms with Crippen LogP contribution in [-0.2, 0) is 6.42 Å². The van der Waals surface area contributed by atoms with E-state index >= 15 is 0 Å². The third-order valence-electron chi connectivity index (χ3n) is 1.98. The summed E-state index contributed by atoms with van der Waals surface area (Å²) >= 11 is 0. The molecule has 0 aliphatic heterocycles. The maximum atomic E-state index is 4.02. The lowest BCUT2D eigenvalue weighted by molar-refractivity contribution is 0.767. The highest BCUT2D eigenvalue weighted by Crippen LogP contribution is 2.08. The van der Waals surface area contributed by atoms with Gasteiger partial charge in [-0.3, -0.25) is 0 Å². The van der Waals surface area contributed by atoms with Crippen molar-refractivity contribution in [2.45, 2.75) is 13.3 Å². The molecule has 0 amide bonds. The van der Waals surface area contributed by atoms with Gasteiger partial charge in [0.15, 0.2) is 0 Å². The number of nitrogens with zero attached hydrogens (tertiary/aromatic N) is 3. The van der Waals surface area contributed by atoms with Crippen molar-refractivity contribution in [1.82, 2.24) is 15.0 Å². The lowest BCUT2D eigenvalue weighted by Crippen LogP contribution is -2.00. The van der Waals surface area contributed by atoms with E-state index in [0.29, 0.717) is 0 Å². The minimum absolute atomic E-state index is 0.946. The fraction of sp³-hybridized carbons (Fsp3) is 0.200. The molecular weight excluding hydrogens is 162 g/mol. The lowest BCUT2D eigenvalue weighted by atomic mass is 10.3. The van der Waals surface area contributed by atoms with Crippen molar-refractivity contribution in [3.8, 4) is 5.69 Å². The molecule has 0 aliphatic rings. The number of aromatic nitrogens is 3. The van der Waals surface area contributed by atoms with E-state index in [-0.39, 0.29) is 0 Å². The molecule has 0 saturated heterocycles. The Morgan fingerprint density at radius 3 is 2.69 bits per heavy atom. The Morgan fingerprint density at radius 2 is 2.00 bits per heavy atom. The average Bonchev–Trinajstić information content (AvgIpc) is 2.67. The van der Waals surface area contributed by atoms with Gasteiger partial charge >= 0.3 is 0 Å². The SMILES string of the molecule is CCc1cnnn1-c1ccccc1. The highest BCUT2D eigenvalue weighted by atomic mass is 15.4. The number of hydrogen-bond donors (Lipinski definition) is 0. The van der Waals surface area contributed by atoms with E-state index < -0.39 is 0 Å². The first kappa shape index (κ1) is 7.98. The van der Waals surface area contributed by atoms with Gasteiger partial charge in [0.2, 0.25) is 0 Å². The number of para-hydroxylation sites is 1. The van der Waals surface area contributed by atoms with E-state index in [4.69, 9.17) is 0 Å². The van der Waals surface area contributed by atoms with Gasteiger partial charge in [0.05, 0.1) is 17.6 Å². The van der Waals surface area contributed by atoms with Gasteiger partial charge < -0.3 is 0 Å². The first-order valence-electron chi connectivity index (χ1n) is 4.37. The van der Waals surface area contributed by atoms with E-state index in [9.17, 15) is 0 Å². The molecule has 0 unspecified atom stereocenters. The molecule has 2 aromatic rings. The molecule has 0 aliphatic carbocycles. The van der Waals surface area contributed by atoms with Gasteiger partial charge in [-0.25, -0.2) is 4.68 Å². The van der Waals surface area contributed by atoms with E-state index in [1.54, 1.807) is 6.20 Å². The molecule has 0 bridgehead atoms. The van der Waals surface area contributed by atoms with Gasteiger partial charge in [-0.1, -0.05) is 30.3 Å². The molecule has 0 fully saturated rings. The summed E-state index contributed by atoms with van der Waals surface area (Å²) in [7, 11) is 0. The number of aryl methyl sites for hydroxylation is 1. The van der Waals surface area contributed by atoms with Gasteiger partial charge in [0.1, 0.15) is 0 Å². The Labute approximate surface area is 77.0 Å². The largest absolute Gasteiger partial charge is 0.218 e. The summed E-state index contributed by atoms with van der Waals surface area (Å²) in [4.78, 5) is 0. The number of hydrogen-bond acceptors (Lipinski definition) is 2. The van der Waals surface area contributed by atoms with Crippen LogP contribution in [0.4, 0.5) is 0 Å². The molecule has 13 heavy (non-hydrogen) atoms. The minimum atomic E-state index is 0.946. The Bertz CT molecular complexity index is 378. The standard InChI is InChI=1S/C10H11N3/c1-2-9-8-11-12-13(9)10-6-4-3-5-7-10/h3-8H,2H2,1H3. The van der Waals surface area contributed by atoms with Crippen LogP contribution in [0.5, 0.6) is 0 Å². The van der Waals surface area contributed by atoms with Crippen LogP contribution < -0.4 is 0 Å². The van der Waals surface area contributed by atoms with E-state index in [0.717, 1.165) is 17.8 Å². The molecule has 3 nitrogen and oxygen atoms in total. The fourth-order valence-corrected chi connectivity index (χ4v) is 1.28. The highest BCUT2D eigenvalue weighted by Gasteiger charge is 2.01. The van der Waals surface area contributed by atoms with Crippen LogP contribution in [-0.4, -0.2) is 15.0 Å². The van der Waals surface area contributed by atoms with Crippen LogP contribution in [0.25, 0.3) is 5.69 Å². The zero-order valence-corrected chi connectivity index (χ0v) is 7.51. The summed E-state index contributed by atoms with van der Waals surface area (Å²) in [6.07, 6.45) is 2.74. The molecular formula is C10H11N3. The smallest absolute Gasteiger partial charge is 0.0729 e. The van der Waals surface area contributed by atoms with Crippen molar-refractivity contribution < 1.29 is 0 Å². The predicted molar refractivity (Wildman–Crippen MR) is 50.7 cm³/mol. The normalized spacial score (nSPS) is 10.2. The maximum Gasteiger partial charge on any atom is 0.0729 e. The van der Waals surface area contributed by atoms with E-state index in [1.165, 1.54) is 0 Å². The van der Waals surface area contributed by atoms with Gasteiger partial charge in [0, 0.05) is 0 Å². The second kappa shape index (κ2) is 3.39. The third-order valence-corrected chi connectivity index (χ3v) is 1.98. The molecule has 3 heteroatoms. The van der Waals surface area contributed by atoms with Crippen molar-refractivity contribution in [1.29, 1.82) is 0 Å². The molecule has 0 N–H and O–H groups in total. The minimum Gasteiger partial charge on any atom is -0.218 e. The highest BCUT2D eigenvalue weighted by molar-refractivity contribution is 5.31. The molecule has 1 aromatic carbocycles. The predicted octanol–water partition coefficient (Wildman–Crippen LogP) is 1.83. The number of rotatable bonds is 2. The molecule has 66 valence electrons. The summed E-state index contributed by atoms with van der Waals surface area (Å²) < 4.78 is 1.86. The zero-order chi connectivity index (χ0) is 9.10. The Kier molecular flexibility index (Phi) is 2.08. The quantitative estimate of drug-likeness (QED) is 0.693. The summed E-state index contributed by atoms with van der Waals surface area (Å²) in [6, 6.07) is 10.0. The Morgan fingerprint density at radius 1 is 1.23 bits per heavy atom. The van der Waals surface area contributed by atoms with Gasteiger partial charge in [-0.05, 0) is 18.6 Å². The second-order valence-electron chi connectivity index (χ2n) is 2.83. The van der Waals surface area contributed by atoms with E-state index in [2.05, 4.69) is 17.2 Å². The van der Waals surface area contributed by atoms with Crippen molar-refractivity contribution in [2.24, 2.45) is 0 Å². The van der Waals surface area contributed by atoms with Gasteiger partial charge in [-0.15, -0.1) is 5.10 Å². The Hall–Kier alpha value is -1.64. The third kappa shape index (κ3) is 1.45. The maximum absolute atomic E-state index is 4.02. The Balaban J connectivity index is 2.47. The lowest BCUT2D eigenvalue weighted by Gasteiger charge is -2.02. The van der Waals surface area contributed by atoms with Crippen LogP contribution in [0.2, 0.25) is 0 Å². The molecule has 2 rings (SSSR count). The van der Waals surface area contributed by atoms with Crippen LogP contribution in [0.15, 0.2) is 36.5 Å². The van der Waals surface area contributed by atoms with Crippen LogP contribution in [0.3, 0.4) is 0 Å². The van der Waals surface area contributed by atoms with Crippen LogP contribution in [0.1, 0.15) is 12.6 Å². The van der Waals surface area contributed by atoms with Gasteiger partial charge in [0.25, 0.3) is 0 Å². The fourth-order valence-electron chi connectivity index (χ4n) is 1.28. The second-order valence-corrected chi connectivity index (χ2v) is 2.83. The summed E-state index contributed by atoms with van der Waals surface area (Å²) in [5, 5.41) is 7.91. The molecule has 0 radical (unpaired) electrons. The summed E-state index contributed by atoms with van der Waals surface area (Å²) in [6.45, 7) is 2.10. The van der Waals surface area contributed by atoms with Crippen molar-refractivity contribution in [2.75, 3.05) is 0 Å². The van der Waals surface area contributed by atoms with Crippen molar-refractivity contribution in [3.63, 3.8) is 0 Å².